The van der Waals surface area contributed by atoms with Crippen molar-refractivity contribution in [3.63, 3.8) is 0 Å². The third kappa shape index (κ3) is 3.83. The van der Waals surface area contributed by atoms with E-state index >= 15 is 0 Å². The Kier molecular flexibility index (Phi) is 5.13. The zero-order valence-corrected chi connectivity index (χ0v) is 17.0. The fourth-order valence-electron chi connectivity index (χ4n) is 3.56. The Morgan fingerprint density at radius 1 is 0.906 bits per heavy atom. The number of carbonyl (C=O) groups is 1. The maximum atomic E-state index is 12.6. The molecule has 0 saturated heterocycles. The number of para-hydroxylation sites is 3. The number of hydrogen-bond acceptors (Lipinski definition) is 5. The number of fused-ring (bicyclic) bond motifs is 1. The molecule has 0 fully saturated rings. The van der Waals surface area contributed by atoms with Crippen LogP contribution in [0, 0.1) is 0 Å². The standard InChI is InChI=1S/C25H19N3O4/c29-23(16-27-21-13-7-8-14-22(21)32-25(27)30)31-17-19-15-28(20-11-5-2-6-12-20)26-24(19)18-9-3-1-4-10-18/h1-15H,16-17H2. The summed E-state index contributed by atoms with van der Waals surface area (Å²) in [6, 6.07) is 26.4. The number of benzene rings is 3. The molecule has 0 amide bonds. The number of aromatic nitrogens is 3. The maximum absolute atomic E-state index is 12.6. The number of ether oxygens (including phenoxy) is 1. The van der Waals surface area contributed by atoms with E-state index in [-0.39, 0.29) is 13.2 Å². The molecule has 7 heteroatoms. The lowest BCUT2D eigenvalue weighted by molar-refractivity contribution is -0.145. The molecule has 3 aromatic carbocycles. The molecule has 0 saturated carbocycles. The second-order valence-electron chi connectivity index (χ2n) is 7.23. The molecule has 0 aliphatic heterocycles. The van der Waals surface area contributed by atoms with E-state index in [0.717, 1.165) is 22.5 Å². The Bertz CT molecular complexity index is 1430. The molecule has 158 valence electrons. The second kappa shape index (κ2) is 8.39. The van der Waals surface area contributed by atoms with Crippen LogP contribution in [0.5, 0.6) is 0 Å². The fourth-order valence-corrected chi connectivity index (χ4v) is 3.56. The minimum Gasteiger partial charge on any atom is -0.459 e. The molecule has 0 radical (unpaired) electrons. The first-order valence-electron chi connectivity index (χ1n) is 10.1. The van der Waals surface area contributed by atoms with Crippen molar-refractivity contribution in [1.29, 1.82) is 0 Å². The van der Waals surface area contributed by atoms with E-state index in [2.05, 4.69) is 0 Å². The zero-order chi connectivity index (χ0) is 21.9. The summed E-state index contributed by atoms with van der Waals surface area (Å²) in [5, 5.41) is 4.71. The first-order valence-corrected chi connectivity index (χ1v) is 10.1. The Labute approximate surface area is 183 Å². The zero-order valence-electron chi connectivity index (χ0n) is 17.0. The molecular formula is C25H19N3O4. The largest absolute Gasteiger partial charge is 0.459 e. The van der Waals surface area contributed by atoms with Crippen LogP contribution in [-0.2, 0) is 22.7 Å². The van der Waals surface area contributed by atoms with Gasteiger partial charge in [0.05, 0.1) is 16.9 Å². The summed E-state index contributed by atoms with van der Waals surface area (Å²) in [4.78, 5) is 24.7. The van der Waals surface area contributed by atoms with Crippen molar-refractivity contribution < 1.29 is 13.9 Å². The quantitative estimate of drug-likeness (QED) is 0.381. The SMILES string of the molecule is O=C(Cn1c(=O)oc2ccccc21)OCc1cn(-c2ccccc2)nc1-c1ccccc1. The molecule has 0 unspecified atom stereocenters. The van der Waals surface area contributed by atoms with Crippen LogP contribution in [0.4, 0.5) is 0 Å². The summed E-state index contributed by atoms with van der Waals surface area (Å²) in [6.45, 7) is -0.205. The number of carbonyl (C=O) groups excluding carboxylic acids is 1. The molecule has 0 bridgehead atoms. The van der Waals surface area contributed by atoms with Crippen LogP contribution in [0.15, 0.2) is 100 Å². The van der Waals surface area contributed by atoms with Crippen molar-refractivity contribution in [2.24, 2.45) is 0 Å². The van der Waals surface area contributed by atoms with E-state index in [1.807, 2.05) is 66.9 Å². The van der Waals surface area contributed by atoms with Gasteiger partial charge in [0, 0.05) is 17.3 Å². The average Bonchev–Trinajstić information content (AvgIpc) is 3.40. The van der Waals surface area contributed by atoms with E-state index in [9.17, 15) is 9.59 Å². The lowest BCUT2D eigenvalue weighted by Crippen LogP contribution is -2.21. The van der Waals surface area contributed by atoms with Gasteiger partial charge in [-0.1, -0.05) is 60.7 Å². The molecule has 2 heterocycles. The van der Waals surface area contributed by atoms with Crippen molar-refractivity contribution >= 4 is 17.1 Å². The molecule has 5 aromatic rings. The highest BCUT2D eigenvalue weighted by molar-refractivity contribution is 5.76. The number of nitrogens with zero attached hydrogens (tertiary/aromatic N) is 3. The van der Waals surface area contributed by atoms with Crippen LogP contribution < -0.4 is 5.76 Å². The monoisotopic (exact) mass is 425 g/mol. The molecule has 0 spiro atoms. The maximum Gasteiger partial charge on any atom is 0.420 e. The highest BCUT2D eigenvalue weighted by Crippen LogP contribution is 2.24. The normalized spacial score (nSPS) is 11.0. The highest BCUT2D eigenvalue weighted by Gasteiger charge is 2.16. The van der Waals surface area contributed by atoms with Crippen LogP contribution in [-0.4, -0.2) is 20.3 Å². The van der Waals surface area contributed by atoms with E-state index in [4.69, 9.17) is 14.3 Å². The number of hydrogen-bond donors (Lipinski definition) is 0. The number of oxazole rings is 1. The fraction of sp³-hybridized carbons (Fsp3) is 0.0800. The van der Waals surface area contributed by atoms with Gasteiger partial charge in [-0.05, 0) is 24.3 Å². The smallest absolute Gasteiger partial charge is 0.420 e. The lowest BCUT2D eigenvalue weighted by atomic mass is 10.1. The minimum absolute atomic E-state index is 0.0282. The van der Waals surface area contributed by atoms with Crippen molar-refractivity contribution in [3.8, 4) is 16.9 Å². The highest BCUT2D eigenvalue weighted by atomic mass is 16.5. The summed E-state index contributed by atoms with van der Waals surface area (Å²) in [5.74, 6) is -1.13. The first-order chi connectivity index (χ1) is 15.7. The predicted molar refractivity (Wildman–Crippen MR) is 119 cm³/mol. The second-order valence-corrected chi connectivity index (χ2v) is 7.23. The molecule has 0 aliphatic rings. The van der Waals surface area contributed by atoms with Crippen LogP contribution in [0.2, 0.25) is 0 Å². The Morgan fingerprint density at radius 3 is 2.38 bits per heavy atom. The summed E-state index contributed by atoms with van der Waals surface area (Å²) >= 11 is 0. The van der Waals surface area contributed by atoms with Gasteiger partial charge in [0.2, 0.25) is 0 Å². The topological polar surface area (TPSA) is 79.3 Å². The average molecular weight is 425 g/mol. The van der Waals surface area contributed by atoms with Crippen molar-refractivity contribution in [1.82, 2.24) is 14.3 Å². The van der Waals surface area contributed by atoms with Gasteiger partial charge in [-0.3, -0.25) is 9.36 Å². The Morgan fingerprint density at radius 2 is 1.59 bits per heavy atom. The van der Waals surface area contributed by atoms with Gasteiger partial charge in [0.25, 0.3) is 0 Å². The van der Waals surface area contributed by atoms with Gasteiger partial charge < -0.3 is 9.15 Å². The molecule has 32 heavy (non-hydrogen) atoms. The molecule has 2 aromatic heterocycles. The van der Waals surface area contributed by atoms with Crippen molar-refractivity contribution in [2.45, 2.75) is 13.2 Å². The summed E-state index contributed by atoms with van der Waals surface area (Å²) in [6.07, 6.45) is 1.85. The predicted octanol–water partition coefficient (Wildman–Crippen LogP) is 4.19. The number of rotatable bonds is 6. The van der Waals surface area contributed by atoms with Gasteiger partial charge >= 0.3 is 11.7 Å². The van der Waals surface area contributed by atoms with E-state index in [1.54, 1.807) is 28.9 Å². The first kappa shape index (κ1) is 19.6. The molecule has 5 rings (SSSR count). The van der Waals surface area contributed by atoms with E-state index in [0.29, 0.717) is 11.1 Å². The van der Waals surface area contributed by atoms with Crippen LogP contribution in [0.3, 0.4) is 0 Å². The molecule has 0 aliphatic carbocycles. The molecule has 0 atom stereocenters. The summed E-state index contributed by atoms with van der Waals surface area (Å²) in [5.41, 5.74) is 4.30. The summed E-state index contributed by atoms with van der Waals surface area (Å²) in [7, 11) is 0. The lowest BCUT2D eigenvalue weighted by Gasteiger charge is -2.06. The molecular weight excluding hydrogens is 406 g/mol. The van der Waals surface area contributed by atoms with Crippen LogP contribution >= 0.6 is 0 Å². The van der Waals surface area contributed by atoms with E-state index < -0.39 is 11.7 Å². The summed E-state index contributed by atoms with van der Waals surface area (Å²) < 4.78 is 13.7. The van der Waals surface area contributed by atoms with Gasteiger partial charge in [0.15, 0.2) is 5.58 Å². The van der Waals surface area contributed by atoms with Gasteiger partial charge in [0.1, 0.15) is 13.2 Å². The third-order valence-electron chi connectivity index (χ3n) is 5.11. The van der Waals surface area contributed by atoms with Gasteiger partial charge in [-0.15, -0.1) is 0 Å². The number of esters is 1. The van der Waals surface area contributed by atoms with Crippen molar-refractivity contribution in [2.75, 3.05) is 0 Å². The van der Waals surface area contributed by atoms with Crippen LogP contribution in [0.1, 0.15) is 5.56 Å². The van der Waals surface area contributed by atoms with Crippen LogP contribution in [0.25, 0.3) is 28.0 Å². The van der Waals surface area contributed by atoms with Gasteiger partial charge in [-0.25, -0.2) is 9.48 Å². The Hall–Kier alpha value is -4.39. The third-order valence-corrected chi connectivity index (χ3v) is 5.11. The molecule has 0 N–H and O–H groups in total. The minimum atomic E-state index is -0.593. The molecule has 7 nitrogen and oxygen atoms in total. The van der Waals surface area contributed by atoms with E-state index in [1.165, 1.54) is 4.57 Å². The van der Waals surface area contributed by atoms with Gasteiger partial charge in [-0.2, -0.15) is 5.10 Å². The van der Waals surface area contributed by atoms with Crippen molar-refractivity contribution in [3.05, 3.63) is 107 Å². The Balaban J connectivity index is 1.39.